The number of aromatic nitrogens is 1. The lowest BCUT2D eigenvalue weighted by Crippen LogP contribution is -2.52. The maximum absolute atomic E-state index is 13.1. The molecule has 1 atom stereocenters. The summed E-state index contributed by atoms with van der Waals surface area (Å²) in [5, 5.41) is 10.2. The molecule has 0 saturated carbocycles. The Morgan fingerprint density at radius 1 is 1.25 bits per heavy atom. The van der Waals surface area contributed by atoms with Crippen LogP contribution in [0, 0.1) is 6.92 Å². The van der Waals surface area contributed by atoms with Crippen LogP contribution >= 0.6 is 0 Å². The number of amides is 1. The van der Waals surface area contributed by atoms with Gasteiger partial charge in [-0.3, -0.25) is 4.79 Å². The molecule has 1 amide bonds. The van der Waals surface area contributed by atoms with E-state index in [0.717, 1.165) is 18.4 Å². The molecule has 3 heterocycles. The molecule has 28 heavy (non-hydrogen) atoms. The molecule has 1 saturated heterocycles. The summed E-state index contributed by atoms with van der Waals surface area (Å²) in [6, 6.07) is 13.5. The second kappa shape index (κ2) is 7.64. The Labute approximate surface area is 163 Å². The Balaban J connectivity index is 1.53. The van der Waals surface area contributed by atoms with Gasteiger partial charge in [-0.1, -0.05) is 30.3 Å². The fourth-order valence-electron chi connectivity index (χ4n) is 4.04. The molecule has 1 aliphatic heterocycles. The smallest absolute Gasteiger partial charge is 0.263 e. The number of hydrogen-bond donors (Lipinski definition) is 1. The lowest BCUT2D eigenvalue weighted by atomic mass is 9.88. The summed E-state index contributed by atoms with van der Waals surface area (Å²) in [6.07, 6.45) is 4.02. The van der Waals surface area contributed by atoms with Crippen LogP contribution in [0.25, 0.3) is 11.7 Å². The van der Waals surface area contributed by atoms with Crippen LogP contribution in [0.1, 0.15) is 29.9 Å². The minimum Gasteiger partial charge on any atom is -0.459 e. The molecule has 146 valence electrons. The fourth-order valence-corrected chi connectivity index (χ4v) is 4.04. The lowest BCUT2D eigenvalue weighted by molar-refractivity contribution is -0.136. The second-order valence-corrected chi connectivity index (χ2v) is 7.37. The highest BCUT2D eigenvalue weighted by molar-refractivity contribution is 5.80. The molecule has 6 nitrogen and oxygen atoms in total. The van der Waals surface area contributed by atoms with Crippen molar-refractivity contribution in [3.05, 3.63) is 65.7 Å². The first-order valence-corrected chi connectivity index (χ1v) is 9.57. The molecule has 0 radical (unpaired) electrons. The van der Waals surface area contributed by atoms with Crippen LogP contribution in [0.15, 0.2) is 57.6 Å². The highest BCUT2D eigenvalue weighted by Gasteiger charge is 2.43. The van der Waals surface area contributed by atoms with E-state index in [2.05, 4.69) is 4.98 Å². The van der Waals surface area contributed by atoms with Gasteiger partial charge in [-0.15, -0.1) is 0 Å². The number of aliphatic hydroxyl groups excluding tert-OH is 1. The van der Waals surface area contributed by atoms with Gasteiger partial charge in [0.1, 0.15) is 5.76 Å². The molecular formula is C22H24N2O4. The quantitative estimate of drug-likeness (QED) is 0.709. The molecule has 1 aromatic carbocycles. The molecule has 1 aliphatic rings. The second-order valence-electron chi connectivity index (χ2n) is 7.37. The number of nitrogens with zero attached hydrogens (tertiary/aromatic N) is 2. The molecule has 0 bridgehead atoms. The van der Waals surface area contributed by atoms with Crippen molar-refractivity contribution in [3.63, 3.8) is 0 Å². The summed E-state index contributed by atoms with van der Waals surface area (Å²) >= 11 is 0. The first-order chi connectivity index (χ1) is 13.6. The highest BCUT2D eigenvalue weighted by Crippen LogP contribution is 2.33. The average molecular weight is 380 g/mol. The third kappa shape index (κ3) is 3.47. The zero-order chi connectivity index (χ0) is 19.6. The zero-order valence-electron chi connectivity index (χ0n) is 15.9. The normalized spacial score (nSPS) is 19.3. The van der Waals surface area contributed by atoms with Crippen LogP contribution in [-0.4, -0.2) is 39.6 Å². The predicted molar refractivity (Wildman–Crippen MR) is 104 cm³/mol. The van der Waals surface area contributed by atoms with Gasteiger partial charge in [0, 0.05) is 6.54 Å². The van der Waals surface area contributed by atoms with E-state index in [1.807, 2.05) is 35.2 Å². The number of aliphatic hydroxyl groups is 1. The summed E-state index contributed by atoms with van der Waals surface area (Å²) < 4.78 is 11.0. The number of carbonyl (C=O) groups excluding carboxylic acids is 1. The van der Waals surface area contributed by atoms with Gasteiger partial charge in [0.15, 0.2) is 5.76 Å². The van der Waals surface area contributed by atoms with Gasteiger partial charge in [0.05, 0.1) is 30.5 Å². The van der Waals surface area contributed by atoms with Crippen LogP contribution < -0.4 is 0 Å². The number of aryl methyl sites for hydroxylation is 1. The van der Waals surface area contributed by atoms with Crippen molar-refractivity contribution in [3.8, 4) is 11.7 Å². The molecule has 2 aromatic heterocycles. The van der Waals surface area contributed by atoms with Crippen LogP contribution in [0.3, 0.4) is 0 Å². The topological polar surface area (TPSA) is 79.7 Å². The third-order valence-corrected chi connectivity index (χ3v) is 5.51. The third-order valence-electron chi connectivity index (χ3n) is 5.51. The number of benzene rings is 1. The van der Waals surface area contributed by atoms with Gasteiger partial charge in [-0.2, -0.15) is 0 Å². The van der Waals surface area contributed by atoms with Crippen LogP contribution in [0.2, 0.25) is 0 Å². The Morgan fingerprint density at radius 3 is 2.79 bits per heavy atom. The van der Waals surface area contributed by atoms with Gasteiger partial charge < -0.3 is 18.8 Å². The molecule has 3 aromatic rings. The van der Waals surface area contributed by atoms with Crippen molar-refractivity contribution in [1.29, 1.82) is 0 Å². The standard InChI is InChI=1S/C22H24N2O4/c1-16-18(23-21(28-16)19-9-5-12-27-19)13-20(26)24-11-6-10-22(24,15-25)14-17-7-3-2-4-8-17/h2-5,7-9,12,25H,6,10-11,13-15H2,1H3/t22-/m0/s1. The van der Waals surface area contributed by atoms with Crippen molar-refractivity contribution in [2.24, 2.45) is 0 Å². The Kier molecular flexibility index (Phi) is 5.05. The number of hydrogen-bond acceptors (Lipinski definition) is 5. The summed E-state index contributed by atoms with van der Waals surface area (Å²) in [5.41, 5.74) is 1.17. The van der Waals surface area contributed by atoms with E-state index in [1.54, 1.807) is 25.3 Å². The minimum atomic E-state index is -0.556. The van der Waals surface area contributed by atoms with Crippen LogP contribution in [-0.2, 0) is 17.6 Å². The van der Waals surface area contributed by atoms with E-state index >= 15 is 0 Å². The van der Waals surface area contributed by atoms with Crippen LogP contribution in [0.4, 0.5) is 0 Å². The van der Waals surface area contributed by atoms with Gasteiger partial charge >= 0.3 is 0 Å². The number of rotatable bonds is 6. The van der Waals surface area contributed by atoms with Crippen molar-refractivity contribution >= 4 is 5.91 Å². The Bertz CT molecular complexity index is 933. The van der Waals surface area contributed by atoms with E-state index in [4.69, 9.17) is 8.83 Å². The molecule has 1 N–H and O–H groups in total. The zero-order valence-corrected chi connectivity index (χ0v) is 15.9. The summed E-state index contributed by atoms with van der Waals surface area (Å²) in [5.74, 6) is 1.49. The lowest BCUT2D eigenvalue weighted by Gasteiger charge is -2.37. The maximum atomic E-state index is 13.1. The number of oxazole rings is 1. The maximum Gasteiger partial charge on any atom is 0.263 e. The van der Waals surface area contributed by atoms with Gasteiger partial charge in [-0.25, -0.2) is 4.98 Å². The van der Waals surface area contributed by atoms with Crippen LogP contribution in [0.5, 0.6) is 0 Å². The highest BCUT2D eigenvalue weighted by atomic mass is 16.4. The van der Waals surface area contributed by atoms with E-state index in [0.29, 0.717) is 36.1 Å². The Hall–Kier alpha value is -2.86. The monoisotopic (exact) mass is 380 g/mol. The van der Waals surface area contributed by atoms with E-state index in [9.17, 15) is 9.90 Å². The number of furan rings is 1. The Morgan fingerprint density at radius 2 is 2.07 bits per heavy atom. The SMILES string of the molecule is Cc1oc(-c2ccco2)nc1CC(=O)N1CCC[C@@]1(CO)Cc1ccccc1. The summed E-state index contributed by atoms with van der Waals surface area (Å²) in [6.45, 7) is 2.40. The van der Waals surface area contributed by atoms with Gasteiger partial charge in [0.25, 0.3) is 5.89 Å². The number of carbonyl (C=O) groups is 1. The first-order valence-electron chi connectivity index (χ1n) is 9.57. The average Bonchev–Trinajstić information content (AvgIpc) is 3.44. The molecular weight excluding hydrogens is 356 g/mol. The van der Waals surface area contributed by atoms with Crippen molar-refractivity contribution < 1.29 is 18.7 Å². The first kappa shape index (κ1) is 18.5. The summed E-state index contributed by atoms with van der Waals surface area (Å²) in [7, 11) is 0. The van der Waals surface area contributed by atoms with Crippen molar-refractivity contribution in [2.75, 3.05) is 13.2 Å². The molecule has 4 rings (SSSR count). The van der Waals surface area contributed by atoms with E-state index < -0.39 is 5.54 Å². The van der Waals surface area contributed by atoms with E-state index in [1.165, 1.54) is 0 Å². The molecule has 6 heteroatoms. The summed E-state index contributed by atoms with van der Waals surface area (Å²) in [4.78, 5) is 19.4. The number of likely N-dealkylation sites (tertiary alicyclic amines) is 1. The predicted octanol–water partition coefficient (Wildman–Crippen LogP) is 3.38. The minimum absolute atomic E-state index is 0.0372. The van der Waals surface area contributed by atoms with Gasteiger partial charge in [-0.05, 0) is 43.9 Å². The fraction of sp³-hybridized carbons (Fsp3) is 0.364. The molecule has 0 aliphatic carbocycles. The van der Waals surface area contributed by atoms with Gasteiger partial charge in [0.2, 0.25) is 5.91 Å². The molecule has 0 spiro atoms. The largest absolute Gasteiger partial charge is 0.459 e. The van der Waals surface area contributed by atoms with Crippen molar-refractivity contribution in [1.82, 2.24) is 9.88 Å². The molecule has 1 fully saturated rings. The van der Waals surface area contributed by atoms with E-state index in [-0.39, 0.29) is 18.9 Å². The molecule has 0 unspecified atom stereocenters. The van der Waals surface area contributed by atoms with Crippen molar-refractivity contribution in [2.45, 2.75) is 38.1 Å².